The first-order chi connectivity index (χ1) is 27.9. The highest BCUT2D eigenvalue weighted by atomic mass is 35.5. The molecule has 0 unspecified atom stereocenters. The number of halogens is 1. The zero-order valence-electron chi connectivity index (χ0n) is 32.5. The van der Waals surface area contributed by atoms with E-state index in [4.69, 9.17) is 19.9 Å². The van der Waals surface area contributed by atoms with Crippen LogP contribution in [0.25, 0.3) is 20.4 Å². The maximum atomic E-state index is 12.4. The minimum atomic E-state index is -3.52. The highest BCUT2D eigenvalue weighted by Crippen LogP contribution is 2.32. The van der Waals surface area contributed by atoms with E-state index in [0.29, 0.717) is 55.4 Å². The zero-order valence-corrected chi connectivity index (χ0v) is 36.6. The van der Waals surface area contributed by atoms with Gasteiger partial charge in [-0.2, -0.15) is 0 Å². The van der Waals surface area contributed by atoms with Gasteiger partial charge in [-0.3, -0.25) is 23.8 Å². The molecule has 0 saturated carbocycles. The largest absolute Gasteiger partial charge is 0.474 e. The van der Waals surface area contributed by atoms with Crippen LogP contribution in [-0.4, -0.2) is 67.1 Å². The number of nitrogens with zero attached hydrogens (tertiary/aromatic N) is 2. The molecule has 0 fully saturated rings. The molecule has 2 aliphatic heterocycles. The second kappa shape index (κ2) is 18.4. The summed E-state index contributed by atoms with van der Waals surface area (Å²) in [5.41, 5.74) is 8.85. The number of hydrogen-bond donors (Lipinski definition) is 6. The molecule has 320 valence electrons. The van der Waals surface area contributed by atoms with Crippen molar-refractivity contribution >= 4 is 98.8 Å². The molecule has 2 aliphatic rings. The predicted molar refractivity (Wildman–Crippen MR) is 231 cm³/mol. The molecule has 6 heterocycles. The highest BCUT2D eigenvalue weighted by molar-refractivity contribution is 7.92. The molecule has 0 spiro atoms. The van der Waals surface area contributed by atoms with Crippen LogP contribution >= 0.6 is 35.1 Å². The molecule has 0 saturated heterocycles. The highest BCUT2D eigenvalue weighted by Gasteiger charge is 2.23. The minimum absolute atomic E-state index is 0. The van der Waals surface area contributed by atoms with Gasteiger partial charge in [0.1, 0.15) is 21.2 Å². The number of thiophene rings is 2. The van der Waals surface area contributed by atoms with Crippen molar-refractivity contribution < 1.29 is 40.6 Å². The number of aromatic amines is 2. The third-order valence-corrected chi connectivity index (χ3v) is 12.9. The smallest absolute Gasteiger partial charge is 0.374 e. The van der Waals surface area contributed by atoms with Crippen LogP contribution in [0.1, 0.15) is 60.2 Å². The van der Waals surface area contributed by atoms with E-state index in [1.807, 2.05) is 27.7 Å². The Bertz CT molecular complexity index is 2980. The molecule has 0 atom stereocenters. The van der Waals surface area contributed by atoms with Crippen LogP contribution in [0.2, 0.25) is 0 Å². The minimum Gasteiger partial charge on any atom is -0.474 e. The molecule has 1 amide bonds. The van der Waals surface area contributed by atoms with Gasteiger partial charge in [0.25, 0.3) is 37.1 Å². The summed E-state index contributed by atoms with van der Waals surface area (Å²) in [7, 11) is -6.86. The first-order valence-electron chi connectivity index (χ1n) is 17.6. The van der Waals surface area contributed by atoms with Crippen molar-refractivity contribution in [1.29, 1.82) is 0 Å². The van der Waals surface area contributed by atoms with Crippen LogP contribution in [0.4, 0.5) is 11.4 Å². The lowest BCUT2D eigenvalue weighted by Crippen LogP contribution is -2.28. The Balaban J connectivity index is 0.000000183. The third kappa shape index (κ3) is 10.2. The van der Waals surface area contributed by atoms with E-state index < -0.39 is 37.9 Å². The lowest BCUT2D eigenvalue weighted by molar-refractivity contribution is 0.0512. The maximum Gasteiger partial charge on any atom is 0.374 e. The van der Waals surface area contributed by atoms with E-state index >= 15 is 0 Å². The van der Waals surface area contributed by atoms with Crippen molar-refractivity contribution in [2.24, 2.45) is 5.73 Å². The van der Waals surface area contributed by atoms with Gasteiger partial charge in [-0.15, -0.1) is 35.1 Å². The Morgan fingerprint density at radius 1 is 0.783 bits per heavy atom. The summed E-state index contributed by atoms with van der Waals surface area (Å²) in [5.74, 6) is -1.04. The number of H-pyrrole nitrogens is 2. The van der Waals surface area contributed by atoms with Crippen molar-refractivity contribution in [1.82, 2.24) is 25.3 Å². The molecule has 6 aromatic rings. The number of carbonyl (C=O) groups is 2. The quantitative estimate of drug-likeness (QED) is 0.129. The summed E-state index contributed by atoms with van der Waals surface area (Å²) >= 11 is 2.77. The van der Waals surface area contributed by atoms with E-state index in [0.717, 1.165) is 26.4 Å². The summed E-state index contributed by atoms with van der Waals surface area (Å²) in [5, 5.41) is 3.73. The number of ether oxygens (including phenoxy) is 3. The number of hydrogen-bond acceptors (Lipinski definition) is 16. The summed E-state index contributed by atoms with van der Waals surface area (Å²) in [4.78, 5) is 64.5. The van der Waals surface area contributed by atoms with E-state index in [9.17, 15) is 36.0 Å². The Hall–Kier alpha value is -5.59. The second-order valence-corrected chi connectivity index (χ2v) is 18.7. The third-order valence-electron chi connectivity index (χ3n) is 8.81. The molecule has 0 aliphatic carbocycles. The number of sulfonamides is 2. The predicted octanol–water partition coefficient (Wildman–Crippen LogP) is 4.06. The van der Waals surface area contributed by atoms with Gasteiger partial charge < -0.3 is 35.2 Å². The van der Waals surface area contributed by atoms with E-state index in [2.05, 4.69) is 34.7 Å². The van der Waals surface area contributed by atoms with E-state index in [-0.39, 0.29) is 54.3 Å². The average molecular weight is 923 g/mol. The number of aromatic nitrogens is 4. The van der Waals surface area contributed by atoms with Crippen molar-refractivity contribution in [3.63, 3.8) is 0 Å². The summed E-state index contributed by atoms with van der Waals surface area (Å²) < 4.78 is 65.3. The molecular weight excluding hydrogens is 884 g/mol. The fourth-order valence-corrected chi connectivity index (χ4v) is 9.39. The van der Waals surface area contributed by atoms with Gasteiger partial charge in [-0.05, 0) is 81.1 Å². The monoisotopic (exact) mass is 922 g/mol. The van der Waals surface area contributed by atoms with Crippen LogP contribution in [0.5, 0.6) is 11.5 Å². The number of amides is 1. The number of anilines is 2. The van der Waals surface area contributed by atoms with Gasteiger partial charge in [0.05, 0.1) is 28.8 Å². The molecule has 60 heavy (non-hydrogen) atoms. The number of fused-ring (bicyclic) bond motifs is 4. The number of nitrogens with one attached hydrogen (secondary N) is 5. The number of benzene rings is 2. The van der Waals surface area contributed by atoms with Crippen LogP contribution < -0.4 is 41.1 Å². The Morgan fingerprint density at radius 3 is 1.75 bits per heavy atom. The molecular formula is C36H39ClN8O11S4. The fraction of sp³-hybridized carbons (Fsp3) is 0.278. The number of nitrogens with two attached hydrogens (primary N) is 1. The standard InChI is InChI=1S/C17H16N4O5S2.C11H12N2O3S.C8H10N2O3S.ClH/c1-8-9(2)27-17-13(8)15(22)19-14(20-17)16(23)18-6-10-3-4-12-11(5-10)21-28(24,25)7-26-12;1-4-16-11(15)8-12-9(14)7-5(2)6(3)17-10(7)13-8;9-4-6-1-2-8-7(3-6)10-14(11,12)5-13-8;/h3-5,21H,6-7H2,1-2H3,(H,18,23)(H,19,20,22);4H2,1-3H3,(H,12,13,14);1-3,10H,4-5,9H2;1H. The van der Waals surface area contributed by atoms with Crippen LogP contribution in [0.3, 0.4) is 0 Å². The fourth-order valence-electron chi connectivity index (χ4n) is 5.66. The van der Waals surface area contributed by atoms with Crippen molar-refractivity contribution in [2.45, 2.75) is 47.7 Å². The van der Waals surface area contributed by atoms with Gasteiger partial charge >= 0.3 is 5.97 Å². The molecule has 8 rings (SSSR count). The Labute approximate surface area is 356 Å². The zero-order chi connectivity index (χ0) is 42.8. The van der Waals surface area contributed by atoms with Gasteiger partial charge in [0.15, 0.2) is 0 Å². The average Bonchev–Trinajstić information content (AvgIpc) is 3.65. The van der Waals surface area contributed by atoms with Gasteiger partial charge in [-0.25, -0.2) is 31.6 Å². The summed E-state index contributed by atoms with van der Waals surface area (Å²) in [6, 6.07) is 10.1. The summed E-state index contributed by atoms with van der Waals surface area (Å²) in [6.07, 6.45) is 0. The van der Waals surface area contributed by atoms with Crippen molar-refractivity contribution in [3.8, 4) is 11.5 Å². The van der Waals surface area contributed by atoms with Crippen LogP contribution in [0.15, 0.2) is 46.0 Å². The van der Waals surface area contributed by atoms with Crippen molar-refractivity contribution in [3.05, 3.63) is 101 Å². The molecule has 0 radical (unpaired) electrons. The maximum absolute atomic E-state index is 12.4. The molecule has 7 N–H and O–H groups in total. The normalized spacial score (nSPS) is 14.1. The summed E-state index contributed by atoms with van der Waals surface area (Å²) in [6.45, 7) is 9.98. The second-order valence-electron chi connectivity index (χ2n) is 13.0. The topological polar surface area (TPSA) is 284 Å². The van der Waals surface area contributed by atoms with Gasteiger partial charge in [0.2, 0.25) is 23.5 Å². The van der Waals surface area contributed by atoms with E-state index in [1.165, 1.54) is 22.7 Å². The van der Waals surface area contributed by atoms with Crippen molar-refractivity contribution in [2.75, 3.05) is 27.9 Å². The molecule has 4 aromatic heterocycles. The lowest BCUT2D eigenvalue weighted by atomic mass is 10.2. The van der Waals surface area contributed by atoms with Gasteiger partial charge in [0, 0.05) is 22.8 Å². The first kappa shape index (κ1) is 45.5. The molecule has 19 nitrogen and oxygen atoms in total. The van der Waals surface area contributed by atoms with Gasteiger partial charge in [-0.1, -0.05) is 12.1 Å². The molecule has 24 heteroatoms. The lowest BCUT2D eigenvalue weighted by Gasteiger charge is -2.19. The SMILES string of the molecule is CCOC(=O)c1nc2sc(C)c(C)c2c(=O)[nH]1.Cc1sc2nc(C(=O)NCc3ccc4c(c3)NS(=O)(=O)CO4)[nH]c(=O)c2c1C.Cl.NCc1ccc2c(c1)NS(=O)(=O)CO2. The van der Waals surface area contributed by atoms with Crippen LogP contribution in [-0.2, 0) is 37.9 Å². The molecule has 2 aromatic carbocycles. The molecule has 0 bridgehead atoms. The number of esters is 1. The number of carbonyl (C=O) groups excluding carboxylic acids is 2. The van der Waals surface area contributed by atoms with E-state index in [1.54, 1.807) is 43.3 Å². The number of rotatable bonds is 6. The first-order valence-corrected chi connectivity index (χ1v) is 22.5. The number of aryl methyl sites for hydroxylation is 4. The van der Waals surface area contributed by atoms with Crippen LogP contribution in [0, 0.1) is 27.7 Å². The Kier molecular flexibility index (Phi) is 13.9. The Morgan fingerprint density at radius 2 is 1.25 bits per heavy atom.